The molecule has 0 spiro atoms. The van der Waals surface area contributed by atoms with E-state index in [1.54, 1.807) is 6.07 Å². The van der Waals surface area contributed by atoms with E-state index >= 15 is 0 Å². The van der Waals surface area contributed by atoms with Crippen LogP contribution in [0, 0.1) is 6.92 Å². The van der Waals surface area contributed by atoms with Gasteiger partial charge in [-0.25, -0.2) is 0 Å². The molecule has 6 heteroatoms. The van der Waals surface area contributed by atoms with E-state index in [-0.39, 0.29) is 4.47 Å². The summed E-state index contributed by atoms with van der Waals surface area (Å²) >= 11 is 10.6. The van der Waals surface area contributed by atoms with Gasteiger partial charge >= 0.3 is 6.18 Å². The summed E-state index contributed by atoms with van der Waals surface area (Å²) in [6, 6.07) is 7.82. The van der Waals surface area contributed by atoms with Crippen LogP contribution in [0.4, 0.5) is 13.2 Å². The van der Waals surface area contributed by atoms with Crippen molar-refractivity contribution >= 4 is 38.9 Å². The summed E-state index contributed by atoms with van der Waals surface area (Å²) < 4.78 is 38.5. The molecule has 1 unspecified atom stereocenters. The monoisotopic (exact) mass is 368 g/mol. The molecular weight excluding hydrogens is 361 g/mol. The third-order valence-corrected chi connectivity index (χ3v) is 4.97. The number of hydrogen-bond acceptors (Lipinski definition) is 1. The molecule has 1 heterocycles. The molecule has 2 rings (SSSR count). The second kappa shape index (κ2) is 5.46. The van der Waals surface area contributed by atoms with E-state index in [2.05, 4.69) is 15.9 Å². The topological polar surface area (TPSA) is 0 Å². The number of aryl methyl sites for hydroxylation is 1. The standard InChI is InChI=1S/C13H9BrClF3S/c1-7-2-5-11(19-7)12(15)8-3-4-10(14)9(6-8)13(16,17)18/h2-6,12H,1H3. The first-order valence-corrected chi connectivity index (χ1v) is 7.40. The SMILES string of the molecule is Cc1ccc(C(Cl)c2ccc(Br)c(C(F)(F)F)c2)s1. The summed E-state index contributed by atoms with van der Waals surface area (Å²) in [6.07, 6.45) is -4.39. The van der Waals surface area contributed by atoms with Crippen LogP contribution in [-0.4, -0.2) is 0 Å². The largest absolute Gasteiger partial charge is 0.417 e. The van der Waals surface area contributed by atoms with E-state index in [0.717, 1.165) is 15.8 Å². The minimum absolute atomic E-state index is 0.0231. The van der Waals surface area contributed by atoms with Crippen molar-refractivity contribution in [2.75, 3.05) is 0 Å². The molecule has 0 radical (unpaired) electrons. The summed E-state index contributed by atoms with van der Waals surface area (Å²) in [5.74, 6) is 0. The van der Waals surface area contributed by atoms with Gasteiger partial charge in [0, 0.05) is 14.2 Å². The molecule has 0 aliphatic carbocycles. The second-order valence-electron chi connectivity index (χ2n) is 4.05. The number of hydrogen-bond donors (Lipinski definition) is 0. The van der Waals surface area contributed by atoms with Crippen LogP contribution in [0.2, 0.25) is 0 Å². The number of benzene rings is 1. The van der Waals surface area contributed by atoms with Crippen molar-refractivity contribution in [3.8, 4) is 0 Å². The minimum atomic E-state index is -4.39. The van der Waals surface area contributed by atoms with Crippen molar-refractivity contribution in [1.82, 2.24) is 0 Å². The molecule has 0 saturated heterocycles. The molecule has 0 aliphatic rings. The van der Waals surface area contributed by atoms with Gasteiger partial charge in [0.05, 0.1) is 10.9 Å². The molecule has 1 aromatic carbocycles. The molecule has 1 atom stereocenters. The van der Waals surface area contributed by atoms with E-state index in [0.29, 0.717) is 5.56 Å². The second-order valence-corrected chi connectivity index (χ2v) is 6.66. The third kappa shape index (κ3) is 3.33. The van der Waals surface area contributed by atoms with Crippen LogP contribution in [0.15, 0.2) is 34.8 Å². The van der Waals surface area contributed by atoms with Crippen LogP contribution in [0.5, 0.6) is 0 Å². The Morgan fingerprint density at radius 2 is 1.89 bits per heavy atom. The molecule has 0 aliphatic heterocycles. The van der Waals surface area contributed by atoms with E-state index < -0.39 is 17.1 Å². The first-order valence-electron chi connectivity index (χ1n) is 5.36. The number of thiophene rings is 1. The Hall–Kier alpha value is -0.520. The van der Waals surface area contributed by atoms with Gasteiger partial charge in [0.1, 0.15) is 0 Å². The molecule has 19 heavy (non-hydrogen) atoms. The highest BCUT2D eigenvalue weighted by molar-refractivity contribution is 9.10. The lowest BCUT2D eigenvalue weighted by Crippen LogP contribution is -2.07. The minimum Gasteiger partial charge on any atom is -0.166 e. The lowest BCUT2D eigenvalue weighted by Gasteiger charge is -2.13. The zero-order valence-corrected chi connectivity index (χ0v) is 12.9. The average Bonchev–Trinajstić information content (AvgIpc) is 2.74. The van der Waals surface area contributed by atoms with Crippen LogP contribution in [-0.2, 0) is 6.18 Å². The fourth-order valence-corrected chi connectivity index (χ4v) is 3.37. The summed E-state index contributed by atoms with van der Waals surface area (Å²) in [5, 5.41) is -0.562. The highest BCUT2D eigenvalue weighted by Gasteiger charge is 2.33. The van der Waals surface area contributed by atoms with Crippen LogP contribution in [0.1, 0.15) is 26.3 Å². The van der Waals surface area contributed by atoms with Crippen molar-refractivity contribution in [2.45, 2.75) is 18.5 Å². The molecule has 102 valence electrons. The van der Waals surface area contributed by atoms with Gasteiger partial charge < -0.3 is 0 Å². The van der Waals surface area contributed by atoms with Gasteiger partial charge in [-0.3, -0.25) is 0 Å². The highest BCUT2D eigenvalue weighted by Crippen LogP contribution is 2.39. The molecule has 0 amide bonds. The Kier molecular flexibility index (Phi) is 4.28. The Morgan fingerprint density at radius 3 is 2.42 bits per heavy atom. The van der Waals surface area contributed by atoms with Crippen molar-refractivity contribution in [3.05, 3.63) is 55.7 Å². The molecule has 0 fully saturated rings. The molecule has 0 saturated carbocycles. The average molecular weight is 370 g/mol. The first-order chi connectivity index (χ1) is 8.79. The highest BCUT2D eigenvalue weighted by atomic mass is 79.9. The lowest BCUT2D eigenvalue weighted by molar-refractivity contribution is -0.138. The van der Waals surface area contributed by atoms with Crippen molar-refractivity contribution in [2.24, 2.45) is 0 Å². The lowest BCUT2D eigenvalue weighted by atomic mass is 10.1. The van der Waals surface area contributed by atoms with E-state index in [1.165, 1.54) is 17.4 Å². The summed E-state index contributed by atoms with van der Waals surface area (Å²) in [4.78, 5) is 1.92. The van der Waals surface area contributed by atoms with E-state index in [4.69, 9.17) is 11.6 Å². The normalized spacial score (nSPS) is 13.6. The Labute approximate surface area is 126 Å². The van der Waals surface area contributed by atoms with Gasteiger partial charge in [0.15, 0.2) is 0 Å². The molecule has 1 aromatic heterocycles. The maximum absolute atomic E-state index is 12.8. The van der Waals surface area contributed by atoms with Crippen LogP contribution in [0.3, 0.4) is 0 Å². The zero-order chi connectivity index (χ0) is 14.2. The van der Waals surface area contributed by atoms with Gasteiger partial charge in [-0.2, -0.15) is 13.2 Å². The fourth-order valence-electron chi connectivity index (χ4n) is 1.67. The van der Waals surface area contributed by atoms with Crippen LogP contribution in [0.25, 0.3) is 0 Å². The quantitative estimate of drug-likeness (QED) is 0.556. The maximum Gasteiger partial charge on any atom is 0.417 e. The predicted molar refractivity (Wildman–Crippen MR) is 75.9 cm³/mol. The Balaban J connectivity index is 2.41. The third-order valence-electron chi connectivity index (χ3n) is 2.60. The molecule has 0 N–H and O–H groups in total. The summed E-state index contributed by atoms with van der Waals surface area (Å²) in [7, 11) is 0. The first kappa shape index (κ1) is 14.9. The van der Waals surface area contributed by atoms with Gasteiger partial charge in [0.25, 0.3) is 0 Å². The van der Waals surface area contributed by atoms with Crippen molar-refractivity contribution in [3.63, 3.8) is 0 Å². The summed E-state index contributed by atoms with van der Waals surface area (Å²) in [5.41, 5.74) is -0.261. The number of alkyl halides is 4. The molecule has 2 aromatic rings. The predicted octanol–water partition coefficient (Wildman–Crippen LogP) is 6.17. The van der Waals surface area contributed by atoms with Crippen LogP contribution >= 0.6 is 38.9 Å². The number of halogens is 5. The van der Waals surface area contributed by atoms with Crippen LogP contribution < -0.4 is 0 Å². The Morgan fingerprint density at radius 1 is 1.21 bits per heavy atom. The van der Waals surface area contributed by atoms with Crippen molar-refractivity contribution < 1.29 is 13.2 Å². The fraction of sp³-hybridized carbons (Fsp3) is 0.231. The number of rotatable bonds is 2. The zero-order valence-electron chi connectivity index (χ0n) is 9.76. The molecule has 0 nitrogen and oxygen atoms in total. The maximum atomic E-state index is 12.8. The summed E-state index contributed by atoms with van der Waals surface area (Å²) in [6.45, 7) is 1.93. The van der Waals surface area contributed by atoms with Gasteiger partial charge in [-0.05, 0) is 36.8 Å². The van der Waals surface area contributed by atoms with E-state index in [9.17, 15) is 13.2 Å². The van der Waals surface area contributed by atoms with Crippen molar-refractivity contribution in [1.29, 1.82) is 0 Å². The van der Waals surface area contributed by atoms with Gasteiger partial charge in [-0.15, -0.1) is 22.9 Å². The van der Waals surface area contributed by atoms with E-state index in [1.807, 2.05) is 19.1 Å². The molecular formula is C13H9BrClF3S. The molecule has 0 bridgehead atoms. The Bertz CT molecular complexity index is 592. The van der Waals surface area contributed by atoms with Gasteiger partial charge in [-0.1, -0.05) is 22.0 Å². The van der Waals surface area contributed by atoms with Gasteiger partial charge in [0.2, 0.25) is 0 Å². The smallest absolute Gasteiger partial charge is 0.166 e.